The fraction of sp³-hybridized carbons (Fsp3) is 0.667. The Labute approximate surface area is 109 Å². The van der Waals surface area contributed by atoms with E-state index >= 15 is 0 Å². The van der Waals surface area contributed by atoms with Crippen molar-refractivity contribution in [3.05, 3.63) is 24.3 Å². The highest BCUT2D eigenvalue weighted by Gasteiger charge is 2.18. The predicted molar refractivity (Wildman–Crippen MR) is 73.1 cm³/mol. The second-order valence-electron chi connectivity index (χ2n) is 5.37. The minimum Gasteiger partial charge on any atom is -0.381 e. The standard InChI is InChI=1S/C15H23FN2/c1-2-4-12-5-3-6-13(8-7-12)18-14-9-10-15(16)17-11-14/h9-13,18H,2-8H2,1H3. The average molecular weight is 250 g/mol. The van der Waals surface area contributed by atoms with E-state index in [1.165, 1.54) is 51.0 Å². The van der Waals surface area contributed by atoms with Gasteiger partial charge in [0.2, 0.25) is 5.95 Å². The number of hydrogen-bond donors (Lipinski definition) is 1. The van der Waals surface area contributed by atoms with Crippen LogP contribution < -0.4 is 5.32 Å². The summed E-state index contributed by atoms with van der Waals surface area (Å²) in [6.07, 6.45) is 10.7. The number of pyridine rings is 1. The molecule has 100 valence electrons. The number of aromatic nitrogens is 1. The summed E-state index contributed by atoms with van der Waals surface area (Å²) >= 11 is 0. The summed E-state index contributed by atoms with van der Waals surface area (Å²) in [5, 5.41) is 3.48. The number of nitrogens with one attached hydrogen (secondary N) is 1. The Balaban J connectivity index is 1.84. The van der Waals surface area contributed by atoms with Crippen molar-refractivity contribution in [1.82, 2.24) is 4.98 Å². The lowest BCUT2D eigenvalue weighted by Gasteiger charge is -2.17. The van der Waals surface area contributed by atoms with Crippen molar-refractivity contribution in [3.63, 3.8) is 0 Å². The highest BCUT2D eigenvalue weighted by molar-refractivity contribution is 5.40. The minimum absolute atomic E-state index is 0.413. The predicted octanol–water partition coefficient (Wildman–Crippen LogP) is 4.38. The second-order valence-corrected chi connectivity index (χ2v) is 5.37. The van der Waals surface area contributed by atoms with Crippen molar-refractivity contribution in [1.29, 1.82) is 0 Å². The monoisotopic (exact) mass is 250 g/mol. The van der Waals surface area contributed by atoms with Crippen molar-refractivity contribution in [2.75, 3.05) is 5.32 Å². The van der Waals surface area contributed by atoms with E-state index in [0.29, 0.717) is 6.04 Å². The SMILES string of the molecule is CCCC1CCCC(Nc2ccc(F)nc2)CC1. The third kappa shape index (κ3) is 3.97. The van der Waals surface area contributed by atoms with Crippen LogP contribution in [0.25, 0.3) is 0 Å². The maximum atomic E-state index is 12.7. The van der Waals surface area contributed by atoms with Gasteiger partial charge in [-0.15, -0.1) is 0 Å². The van der Waals surface area contributed by atoms with E-state index in [-0.39, 0.29) is 0 Å². The summed E-state index contributed by atoms with van der Waals surface area (Å²) in [4.78, 5) is 3.68. The molecular weight excluding hydrogens is 227 g/mol. The van der Waals surface area contributed by atoms with Gasteiger partial charge in [0.1, 0.15) is 0 Å². The van der Waals surface area contributed by atoms with E-state index in [9.17, 15) is 4.39 Å². The molecule has 1 N–H and O–H groups in total. The number of anilines is 1. The number of nitrogens with zero attached hydrogens (tertiary/aromatic N) is 1. The second kappa shape index (κ2) is 6.72. The Morgan fingerprint density at radius 3 is 2.89 bits per heavy atom. The molecule has 1 saturated carbocycles. The molecule has 2 unspecified atom stereocenters. The smallest absolute Gasteiger partial charge is 0.212 e. The van der Waals surface area contributed by atoms with Gasteiger partial charge in [0, 0.05) is 6.04 Å². The van der Waals surface area contributed by atoms with Crippen LogP contribution in [0.3, 0.4) is 0 Å². The summed E-state index contributed by atoms with van der Waals surface area (Å²) < 4.78 is 12.7. The van der Waals surface area contributed by atoms with Gasteiger partial charge in [-0.2, -0.15) is 4.39 Å². The van der Waals surface area contributed by atoms with Crippen LogP contribution in [0, 0.1) is 11.9 Å². The van der Waals surface area contributed by atoms with Crippen molar-refractivity contribution >= 4 is 5.69 Å². The maximum absolute atomic E-state index is 12.7. The van der Waals surface area contributed by atoms with E-state index in [1.807, 2.05) is 0 Å². The Bertz CT molecular complexity index is 350. The van der Waals surface area contributed by atoms with Crippen molar-refractivity contribution in [2.24, 2.45) is 5.92 Å². The van der Waals surface area contributed by atoms with E-state index < -0.39 is 5.95 Å². The van der Waals surface area contributed by atoms with Crippen molar-refractivity contribution < 1.29 is 4.39 Å². The van der Waals surface area contributed by atoms with Gasteiger partial charge in [-0.25, -0.2) is 4.98 Å². The van der Waals surface area contributed by atoms with Crippen LogP contribution in [0.1, 0.15) is 51.9 Å². The Hall–Kier alpha value is -1.12. The molecule has 0 aliphatic heterocycles. The van der Waals surface area contributed by atoms with Crippen molar-refractivity contribution in [3.8, 4) is 0 Å². The fourth-order valence-electron chi connectivity index (χ4n) is 2.92. The molecule has 1 aliphatic carbocycles. The first-order valence-corrected chi connectivity index (χ1v) is 7.16. The summed E-state index contributed by atoms with van der Waals surface area (Å²) in [5.74, 6) is 0.498. The lowest BCUT2D eigenvalue weighted by molar-refractivity contribution is 0.422. The Morgan fingerprint density at radius 1 is 1.28 bits per heavy atom. The third-order valence-electron chi connectivity index (χ3n) is 3.88. The minimum atomic E-state index is -0.413. The van der Waals surface area contributed by atoms with Crippen molar-refractivity contribution in [2.45, 2.75) is 57.9 Å². The number of hydrogen-bond acceptors (Lipinski definition) is 2. The molecule has 0 bridgehead atoms. The molecule has 0 amide bonds. The van der Waals surface area contributed by atoms with E-state index in [4.69, 9.17) is 0 Å². The van der Waals surface area contributed by atoms with E-state index in [0.717, 1.165) is 11.6 Å². The van der Waals surface area contributed by atoms with Crippen LogP contribution in [0.4, 0.5) is 10.1 Å². The molecule has 0 spiro atoms. The molecule has 2 atom stereocenters. The van der Waals surface area contributed by atoms with Crippen LogP contribution in [-0.4, -0.2) is 11.0 Å². The molecule has 0 radical (unpaired) electrons. The first-order chi connectivity index (χ1) is 8.78. The molecule has 18 heavy (non-hydrogen) atoms. The maximum Gasteiger partial charge on any atom is 0.212 e. The quantitative estimate of drug-likeness (QED) is 0.633. The molecule has 3 heteroatoms. The van der Waals surface area contributed by atoms with Gasteiger partial charge in [0.25, 0.3) is 0 Å². The third-order valence-corrected chi connectivity index (χ3v) is 3.88. The fourth-order valence-corrected chi connectivity index (χ4v) is 2.92. The van der Waals surface area contributed by atoms with Gasteiger partial charge in [-0.1, -0.05) is 32.6 Å². The zero-order chi connectivity index (χ0) is 12.8. The summed E-state index contributed by atoms with van der Waals surface area (Å²) in [6.45, 7) is 2.27. The summed E-state index contributed by atoms with van der Waals surface area (Å²) in [7, 11) is 0. The zero-order valence-electron chi connectivity index (χ0n) is 11.2. The summed E-state index contributed by atoms with van der Waals surface area (Å²) in [5.41, 5.74) is 0.940. The van der Waals surface area contributed by atoms with Crippen LogP contribution in [-0.2, 0) is 0 Å². The molecule has 1 aromatic rings. The molecule has 1 aliphatic rings. The molecule has 2 rings (SSSR count). The molecule has 2 nitrogen and oxygen atoms in total. The van der Waals surface area contributed by atoms with Gasteiger partial charge >= 0.3 is 0 Å². The zero-order valence-corrected chi connectivity index (χ0v) is 11.2. The largest absolute Gasteiger partial charge is 0.381 e. The summed E-state index contributed by atoms with van der Waals surface area (Å²) in [6, 6.07) is 3.72. The van der Waals surface area contributed by atoms with Gasteiger partial charge in [0.05, 0.1) is 11.9 Å². The average Bonchev–Trinajstić information content (AvgIpc) is 2.59. The topological polar surface area (TPSA) is 24.9 Å². The van der Waals surface area contributed by atoms with Gasteiger partial charge in [0.15, 0.2) is 0 Å². The molecular formula is C15H23FN2. The highest BCUT2D eigenvalue weighted by atomic mass is 19.1. The lowest BCUT2D eigenvalue weighted by Crippen LogP contribution is -2.18. The van der Waals surface area contributed by atoms with Gasteiger partial charge in [-0.3, -0.25) is 0 Å². The van der Waals surface area contributed by atoms with Crippen LogP contribution in [0.2, 0.25) is 0 Å². The van der Waals surface area contributed by atoms with E-state index in [1.54, 1.807) is 12.3 Å². The van der Waals surface area contributed by atoms with E-state index in [2.05, 4.69) is 17.2 Å². The van der Waals surface area contributed by atoms with Gasteiger partial charge in [-0.05, 0) is 37.3 Å². The molecule has 0 saturated heterocycles. The normalized spacial score (nSPS) is 24.6. The first kappa shape index (κ1) is 13.3. The van der Waals surface area contributed by atoms with Crippen LogP contribution in [0.5, 0.6) is 0 Å². The number of rotatable bonds is 4. The Kier molecular flexibility index (Phi) is 4.97. The first-order valence-electron chi connectivity index (χ1n) is 7.16. The molecule has 1 heterocycles. The molecule has 1 aromatic heterocycles. The highest BCUT2D eigenvalue weighted by Crippen LogP contribution is 2.28. The van der Waals surface area contributed by atoms with Gasteiger partial charge < -0.3 is 5.32 Å². The Morgan fingerprint density at radius 2 is 2.17 bits per heavy atom. The lowest BCUT2D eigenvalue weighted by atomic mass is 9.95. The molecule has 0 aromatic carbocycles. The van der Waals surface area contributed by atoms with Crippen LogP contribution >= 0.6 is 0 Å². The number of halogens is 1. The molecule has 1 fully saturated rings. The van der Waals surface area contributed by atoms with Crippen LogP contribution in [0.15, 0.2) is 18.3 Å².